The summed E-state index contributed by atoms with van der Waals surface area (Å²) < 4.78 is 0. The Labute approximate surface area is 78.9 Å². The van der Waals surface area contributed by atoms with Gasteiger partial charge in [-0.15, -0.1) is 0 Å². The van der Waals surface area contributed by atoms with E-state index in [1.54, 1.807) is 0 Å². The number of aliphatic hydroxyl groups is 1. The molecule has 1 aliphatic heterocycles. The number of nitrogens with zero attached hydrogens (tertiary/aromatic N) is 1. The standard InChI is InChI=1S/C9H18N2O2/c1-3-8(12)6-11-5-4-10-9(13)7(11)2/h7-8,12H,3-6H2,1-2H3,(H,10,13). The van der Waals surface area contributed by atoms with Crippen molar-refractivity contribution in [2.24, 2.45) is 0 Å². The van der Waals surface area contributed by atoms with Crippen LogP contribution in [0.2, 0.25) is 0 Å². The van der Waals surface area contributed by atoms with Gasteiger partial charge in [-0.3, -0.25) is 9.69 Å². The molecule has 0 aromatic carbocycles. The summed E-state index contributed by atoms with van der Waals surface area (Å²) in [7, 11) is 0. The molecule has 2 N–H and O–H groups in total. The minimum absolute atomic E-state index is 0.0644. The van der Waals surface area contributed by atoms with E-state index < -0.39 is 0 Å². The molecule has 0 saturated carbocycles. The third kappa shape index (κ3) is 2.67. The first-order valence-corrected chi connectivity index (χ1v) is 4.85. The number of β-amino-alcohol motifs (C(OH)–C–C–N with tert-alkyl or cyclic N) is 1. The third-order valence-corrected chi connectivity index (χ3v) is 2.54. The lowest BCUT2D eigenvalue weighted by Crippen LogP contribution is -2.55. The molecule has 0 aliphatic carbocycles. The van der Waals surface area contributed by atoms with E-state index in [9.17, 15) is 9.90 Å². The summed E-state index contributed by atoms with van der Waals surface area (Å²) in [5.41, 5.74) is 0. The molecule has 76 valence electrons. The molecule has 1 fully saturated rings. The monoisotopic (exact) mass is 186 g/mol. The topological polar surface area (TPSA) is 52.6 Å². The van der Waals surface area contributed by atoms with E-state index in [0.29, 0.717) is 13.1 Å². The van der Waals surface area contributed by atoms with Crippen molar-refractivity contribution in [2.75, 3.05) is 19.6 Å². The molecule has 4 heteroatoms. The zero-order chi connectivity index (χ0) is 9.84. The Balaban J connectivity index is 2.43. The van der Waals surface area contributed by atoms with Gasteiger partial charge >= 0.3 is 0 Å². The van der Waals surface area contributed by atoms with Crippen LogP contribution in [0.1, 0.15) is 20.3 Å². The van der Waals surface area contributed by atoms with Crippen molar-refractivity contribution in [3.8, 4) is 0 Å². The largest absolute Gasteiger partial charge is 0.392 e. The summed E-state index contributed by atoms with van der Waals surface area (Å²) in [5, 5.41) is 12.2. The van der Waals surface area contributed by atoms with Crippen LogP contribution in [0.25, 0.3) is 0 Å². The molecule has 0 aromatic rings. The van der Waals surface area contributed by atoms with Crippen molar-refractivity contribution in [2.45, 2.75) is 32.4 Å². The van der Waals surface area contributed by atoms with Gasteiger partial charge in [-0.1, -0.05) is 6.92 Å². The van der Waals surface area contributed by atoms with E-state index in [-0.39, 0.29) is 18.1 Å². The number of piperazine rings is 1. The van der Waals surface area contributed by atoms with Crippen LogP contribution >= 0.6 is 0 Å². The molecule has 1 saturated heterocycles. The van der Waals surface area contributed by atoms with Crippen LogP contribution in [-0.4, -0.2) is 47.7 Å². The third-order valence-electron chi connectivity index (χ3n) is 2.54. The van der Waals surface area contributed by atoms with Crippen molar-refractivity contribution in [3.05, 3.63) is 0 Å². The molecule has 0 aromatic heterocycles. The summed E-state index contributed by atoms with van der Waals surface area (Å²) in [6.45, 7) is 5.95. The minimum atomic E-state index is -0.312. The van der Waals surface area contributed by atoms with Crippen LogP contribution < -0.4 is 5.32 Å². The van der Waals surface area contributed by atoms with Crippen LogP contribution in [0.15, 0.2) is 0 Å². The van der Waals surface area contributed by atoms with E-state index in [0.717, 1.165) is 13.0 Å². The van der Waals surface area contributed by atoms with Gasteiger partial charge in [0, 0.05) is 19.6 Å². The average molecular weight is 186 g/mol. The predicted molar refractivity (Wildman–Crippen MR) is 50.3 cm³/mol. The fourth-order valence-corrected chi connectivity index (χ4v) is 1.48. The first-order chi connectivity index (χ1) is 6.15. The predicted octanol–water partition coefficient (Wildman–Crippen LogP) is -0.422. The second-order valence-corrected chi connectivity index (χ2v) is 3.52. The molecule has 1 amide bonds. The number of hydrogen-bond donors (Lipinski definition) is 2. The van der Waals surface area contributed by atoms with Crippen molar-refractivity contribution < 1.29 is 9.90 Å². The summed E-state index contributed by atoms with van der Waals surface area (Å²) in [4.78, 5) is 13.3. The highest BCUT2D eigenvalue weighted by Gasteiger charge is 2.26. The van der Waals surface area contributed by atoms with Gasteiger partial charge in [-0.2, -0.15) is 0 Å². The van der Waals surface area contributed by atoms with Gasteiger partial charge in [0.05, 0.1) is 12.1 Å². The Kier molecular flexibility index (Phi) is 3.69. The van der Waals surface area contributed by atoms with Gasteiger partial charge in [-0.05, 0) is 13.3 Å². The van der Waals surface area contributed by atoms with Gasteiger partial charge < -0.3 is 10.4 Å². The second-order valence-electron chi connectivity index (χ2n) is 3.52. The Bertz CT molecular complexity index is 184. The van der Waals surface area contributed by atoms with E-state index >= 15 is 0 Å². The molecule has 1 rings (SSSR count). The molecule has 1 heterocycles. The molecule has 2 unspecified atom stereocenters. The van der Waals surface area contributed by atoms with Crippen LogP contribution in [-0.2, 0) is 4.79 Å². The number of rotatable bonds is 3. The first-order valence-electron chi connectivity index (χ1n) is 4.85. The lowest BCUT2D eigenvalue weighted by Gasteiger charge is -2.33. The average Bonchev–Trinajstić information content (AvgIpc) is 2.13. The molecule has 2 atom stereocenters. The molecular weight excluding hydrogens is 168 g/mol. The van der Waals surface area contributed by atoms with Gasteiger partial charge in [0.1, 0.15) is 0 Å². The molecule has 0 radical (unpaired) electrons. The number of amides is 1. The van der Waals surface area contributed by atoms with Crippen LogP contribution in [0.4, 0.5) is 0 Å². The zero-order valence-electron chi connectivity index (χ0n) is 8.29. The minimum Gasteiger partial charge on any atom is -0.392 e. The highest BCUT2D eigenvalue weighted by atomic mass is 16.3. The second kappa shape index (κ2) is 4.58. The fourth-order valence-electron chi connectivity index (χ4n) is 1.48. The molecule has 0 spiro atoms. The number of carbonyl (C=O) groups excluding carboxylic acids is 1. The Morgan fingerprint density at radius 2 is 2.46 bits per heavy atom. The van der Waals surface area contributed by atoms with Gasteiger partial charge in [-0.25, -0.2) is 0 Å². The van der Waals surface area contributed by atoms with Crippen molar-refractivity contribution in [3.63, 3.8) is 0 Å². The number of aliphatic hydroxyl groups excluding tert-OH is 1. The number of carbonyl (C=O) groups is 1. The summed E-state index contributed by atoms with van der Waals surface area (Å²) in [6.07, 6.45) is 0.429. The zero-order valence-corrected chi connectivity index (χ0v) is 8.29. The molecule has 0 bridgehead atoms. The molecule has 4 nitrogen and oxygen atoms in total. The Morgan fingerprint density at radius 1 is 1.77 bits per heavy atom. The maximum absolute atomic E-state index is 11.2. The Hall–Kier alpha value is -0.610. The van der Waals surface area contributed by atoms with E-state index in [2.05, 4.69) is 5.32 Å². The van der Waals surface area contributed by atoms with E-state index in [4.69, 9.17) is 0 Å². The lowest BCUT2D eigenvalue weighted by molar-refractivity contribution is -0.128. The fraction of sp³-hybridized carbons (Fsp3) is 0.889. The van der Waals surface area contributed by atoms with Gasteiger partial charge in [0.2, 0.25) is 5.91 Å². The summed E-state index contributed by atoms with van der Waals surface area (Å²) in [5.74, 6) is 0.0644. The molecular formula is C9H18N2O2. The van der Waals surface area contributed by atoms with Crippen molar-refractivity contribution in [1.29, 1.82) is 0 Å². The number of nitrogens with one attached hydrogen (secondary N) is 1. The van der Waals surface area contributed by atoms with Crippen LogP contribution in [0.5, 0.6) is 0 Å². The Morgan fingerprint density at radius 3 is 3.08 bits per heavy atom. The quantitative estimate of drug-likeness (QED) is 0.629. The van der Waals surface area contributed by atoms with E-state index in [1.807, 2.05) is 18.7 Å². The first kappa shape index (κ1) is 10.5. The summed E-state index contributed by atoms with van der Waals surface area (Å²) in [6, 6.07) is -0.102. The smallest absolute Gasteiger partial charge is 0.237 e. The molecule has 13 heavy (non-hydrogen) atoms. The van der Waals surface area contributed by atoms with Crippen molar-refractivity contribution >= 4 is 5.91 Å². The molecule has 1 aliphatic rings. The van der Waals surface area contributed by atoms with Crippen molar-refractivity contribution in [1.82, 2.24) is 10.2 Å². The van der Waals surface area contributed by atoms with Gasteiger partial charge in [0.15, 0.2) is 0 Å². The van der Waals surface area contributed by atoms with Crippen LogP contribution in [0, 0.1) is 0 Å². The highest BCUT2D eigenvalue weighted by Crippen LogP contribution is 2.05. The highest BCUT2D eigenvalue weighted by molar-refractivity contribution is 5.81. The normalized spacial score (nSPS) is 27.0. The van der Waals surface area contributed by atoms with Crippen LogP contribution in [0.3, 0.4) is 0 Å². The van der Waals surface area contributed by atoms with Gasteiger partial charge in [0.25, 0.3) is 0 Å². The van der Waals surface area contributed by atoms with E-state index in [1.165, 1.54) is 0 Å². The maximum atomic E-state index is 11.2. The number of hydrogen-bond acceptors (Lipinski definition) is 3. The SMILES string of the molecule is CCC(O)CN1CCNC(=O)C1C. The summed E-state index contributed by atoms with van der Waals surface area (Å²) >= 11 is 0. The lowest BCUT2D eigenvalue weighted by atomic mass is 10.1. The maximum Gasteiger partial charge on any atom is 0.237 e.